The zero-order chi connectivity index (χ0) is 22.2. The largest absolute Gasteiger partial charge is 0.414 e. The molecule has 2 amide bonds. The number of hydrogen-bond donors (Lipinski definition) is 1. The van der Waals surface area contributed by atoms with Gasteiger partial charge in [0.15, 0.2) is 0 Å². The summed E-state index contributed by atoms with van der Waals surface area (Å²) in [7, 11) is 3.28. The van der Waals surface area contributed by atoms with E-state index in [0.29, 0.717) is 10.8 Å². The molecule has 6 heteroatoms. The summed E-state index contributed by atoms with van der Waals surface area (Å²) in [6.45, 7) is 1.95. The monoisotopic (exact) mass is 440 g/mol. The molecule has 0 radical (unpaired) electrons. The highest BCUT2D eigenvalue weighted by Gasteiger charge is 2.53. The van der Waals surface area contributed by atoms with Crippen molar-refractivity contribution in [1.29, 1.82) is 0 Å². The molecule has 0 spiro atoms. The number of carbonyl (C=O) groups is 2. The highest BCUT2D eigenvalue weighted by molar-refractivity contribution is 6.35. The highest BCUT2D eigenvalue weighted by Crippen LogP contribution is 2.53. The second-order valence-electron chi connectivity index (χ2n) is 8.86. The third kappa shape index (κ3) is 3.69. The minimum atomic E-state index is -0.791. The fourth-order valence-corrected chi connectivity index (χ4v) is 5.30. The van der Waals surface area contributed by atoms with E-state index in [1.165, 1.54) is 17.7 Å². The molecule has 0 saturated heterocycles. The molecule has 164 valence electrons. The molecule has 2 aliphatic rings. The molecule has 0 bridgehead atoms. The van der Waals surface area contributed by atoms with Crippen molar-refractivity contribution < 1.29 is 14.3 Å². The summed E-state index contributed by atoms with van der Waals surface area (Å²) in [5, 5.41) is 3.72. The number of anilines is 1. The molecule has 2 aromatic carbocycles. The first-order chi connectivity index (χ1) is 14.9. The molecular formula is C25H29ClN2O3. The Hall–Kier alpha value is -2.53. The maximum absolute atomic E-state index is 13.7. The molecule has 1 aliphatic heterocycles. The van der Waals surface area contributed by atoms with Crippen LogP contribution in [0.3, 0.4) is 0 Å². The fraction of sp³-hybridized carbons (Fsp3) is 0.440. The maximum Gasteiger partial charge on any atom is 0.414 e. The number of nitrogens with zero attached hydrogens (tertiary/aromatic N) is 1. The molecule has 1 saturated carbocycles. The van der Waals surface area contributed by atoms with Gasteiger partial charge in [0.05, 0.1) is 10.7 Å². The first-order valence-corrected chi connectivity index (χ1v) is 11.3. The topological polar surface area (TPSA) is 58.6 Å². The molecule has 0 aromatic heterocycles. The van der Waals surface area contributed by atoms with Gasteiger partial charge >= 0.3 is 6.09 Å². The van der Waals surface area contributed by atoms with Crippen LogP contribution in [0.25, 0.3) is 0 Å². The molecular weight excluding hydrogens is 412 g/mol. The zero-order valence-corrected chi connectivity index (χ0v) is 19.1. The number of benzene rings is 2. The highest BCUT2D eigenvalue weighted by atomic mass is 35.5. The third-order valence-electron chi connectivity index (χ3n) is 6.70. The number of fused-ring (bicyclic) bond motifs is 1. The van der Waals surface area contributed by atoms with Crippen LogP contribution in [0.2, 0.25) is 5.02 Å². The summed E-state index contributed by atoms with van der Waals surface area (Å²) >= 11 is 6.63. The number of halogens is 1. The molecule has 1 atom stereocenters. The van der Waals surface area contributed by atoms with Gasteiger partial charge in [-0.3, -0.25) is 4.79 Å². The minimum Gasteiger partial charge on any atom is -0.410 e. The van der Waals surface area contributed by atoms with Crippen molar-refractivity contribution in [2.75, 3.05) is 19.4 Å². The second-order valence-corrected chi connectivity index (χ2v) is 9.23. The van der Waals surface area contributed by atoms with E-state index in [2.05, 4.69) is 11.4 Å². The van der Waals surface area contributed by atoms with Crippen molar-refractivity contribution >= 4 is 29.3 Å². The zero-order valence-electron chi connectivity index (χ0n) is 18.3. The van der Waals surface area contributed by atoms with Crippen LogP contribution in [0.1, 0.15) is 55.2 Å². The standard InChI is InChI=1S/C25H29ClN2O3/c1-16-10-15-20-22(21(16)26)27-23(29)25(20,17-8-6-4-5-7-9-17)18-11-13-19(14-12-18)31-24(30)28(2)3/h10-15,17H,4-9H2,1-3H3,(H,27,29). The first-order valence-electron chi connectivity index (χ1n) is 11.0. The van der Waals surface area contributed by atoms with Crippen molar-refractivity contribution in [2.45, 2.75) is 50.9 Å². The van der Waals surface area contributed by atoms with E-state index < -0.39 is 11.5 Å². The van der Waals surface area contributed by atoms with Gasteiger partial charge < -0.3 is 15.0 Å². The second kappa shape index (κ2) is 8.54. The van der Waals surface area contributed by atoms with Gasteiger partial charge in [0.25, 0.3) is 0 Å². The molecule has 1 aliphatic carbocycles. The number of ether oxygens (including phenoxy) is 1. The Balaban J connectivity index is 1.83. The van der Waals surface area contributed by atoms with Crippen LogP contribution < -0.4 is 10.1 Å². The van der Waals surface area contributed by atoms with Crippen molar-refractivity contribution in [3.05, 3.63) is 58.1 Å². The van der Waals surface area contributed by atoms with E-state index in [0.717, 1.165) is 48.1 Å². The Labute approximate surface area is 188 Å². The number of nitrogens with one attached hydrogen (secondary N) is 1. The fourth-order valence-electron chi connectivity index (χ4n) is 5.08. The lowest BCUT2D eigenvalue weighted by molar-refractivity contribution is -0.121. The van der Waals surface area contributed by atoms with Crippen molar-refractivity contribution in [3.63, 3.8) is 0 Å². The van der Waals surface area contributed by atoms with Crippen LogP contribution in [0, 0.1) is 12.8 Å². The van der Waals surface area contributed by atoms with Crippen LogP contribution in [-0.2, 0) is 10.2 Å². The van der Waals surface area contributed by atoms with E-state index in [-0.39, 0.29) is 11.8 Å². The summed E-state index contributed by atoms with van der Waals surface area (Å²) in [5.41, 5.74) is 2.77. The van der Waals surface area contributed by atoms with Crippen LogP contribution in [-0.4, -0.2) is 31.0 Å². The van der Waals surface area contributed by atoms with Gasteiger partial charge in [0.1, 0.15) is 11.2 Å². The maximum atomic E-state index is 13.7. The predicted molar refractivity (Wildman–Crippen MR) is 123 cm³/mol. The quantitative estimate of drug-likeness (QED) is 0.603. The normalized spacial score (nSPS) is 21.2. The summed E-state index contributed by atoms with van der Waals surface area (Å²) in [4.78, 5) is 27.0. The lowest BCUT2D eigenvalue weighted by atomic mass is 9.64. The van der Waals surface area contributed by atoms with Crippen LogP contribution in [0.4, 0.5) is 10.5 Å². The third-order valence-corrected chi connectivity index (χ3v) is 7.19. The van der Waals surface area contributed by atoms with Crippen molar-refractivity contribution in [2.24, 2.45) is 5.92 Å². The number of aryl methyl sites for hydroxylation is 1. The lowest BCUT2D eigenvalue weighted by Gasteiger charge is -2.36. The lowest BCUT2D eigenvalue weighted by Crippen LogP contribution is -2.43. The average molecular weight is 441 g/mol. The van der Waals surface area contributed by atoms with Gasteiger partial charge in [-0.2, -0.15) is 0 Å². The Morgan fingerprint density at radius 3 is 2.32 bits per heavy atom. The first kappa shape index (κ1) is 21.7. The van der Waals surface area contributed by atoms with Gasteiger partial charge in [-0.1, -0.05) is 61.5 Å². The number of hydrogen-bond acceptors (Lipinski definition) is 3. The van der Waals surface area contributed by atoms with E-state index in [1.54, 1.807) is 26.2 Å². The van der Waals surface area contributed by atoms with Crippen LogP contribution in [0.5, 0.6) is 5.75 Å². The van der Waals surface area contributed by atoms with Crippen molar-refractivity contribution in [3.8, 4) is 5.75 Å². The smallest absolute Gasteiger partial charge is 0.410 e. The molecule has 31 heavy (non-hydrogen) atoms. The molecule has 1 unspecified atom stereocenters. The summed E-state index contributed by atoms with van der Waals surface area (Å²) in [6.07, 6.45) is 6.20. The molecule has 4 rings (SSSR count). The van der Waals surface area contributed by atoms with Gasteiger partial charge in [0, 0.05) is 14.1 Å². The summed E-state index contributed by atoms with van der Waals surface area (Å²) in [6, 6.07) is 11.4. The Bertz CT molecular complexity index is 995. The van der Waals surface area contributed by atoms with E-state index >= 15 is 0 Å². The summed E-state index contributed by atoms with van der Waals surface area (Å²) < 4.78 is 5.39. The van der Waals surface area contributed by atoms with Crippen LogP contribution >= 0.6 is 11.6 Å². The Morgan fingerprint density at radius 1 is 1.06 bits per heavy atom. The molecule has 1 N–H and O–H groups in total. The Kier molecular flexibility index (Phi) is 5.98. The number of rotatable bonds is 3. The van der Waals surface area contributed by atoms with Gasteiger partial charge in [-0.05, 0) is 54.5 Å². The molecule has 1 heterocycles. The minimum absolute atomic E-state index is 0.0139. The van der Waals surface area contributed by atoms with Crippen LogP contribution in [0.15, 0.2) is 36.4 Å². The van der Waals surface area contributed by atoms with E-state index in [1.807, 2.05) is 25.1 Å². The predicted octanol–water partition coefficient (Wildman–Crippen LogP) is 5.92. The van der Waals surface area contributed by atoms with Gasteiger partial charge in [-0.15, -0.1) is 0 Å². The SMILES string of the molecule is Cc1ccc2c(c1Cl)NC(=O)C2(c1ccc(OC(=O)N(C)C)cc1)C1CCCCCC1. The van der Waals surface area contributed by atoms with E-state index in [4.69, 9.17) is 16.3 Å². The molecule has 2 aromatic rings. The van der Waals surface area contributed by atoms with E-state index in [9.17, 15) is 9.59 Å². The van der Waals surface area contributed by atoms with Gasteiger partial charge in [0.2, 0.25) is 5.91 Å². The van der Waals surface area contributed by atoms with Gasteiger partial charge in [-0.25, -0.2) is 4.79 Å². The number of amides is 2. The summed E-state index contributed by atoms with van der Waals surface area (Å²) in [5.74, 6) is 0.629. The molecule has 5 nitrogen and oxygen atoms in total. The Morgan fingerprint density at radius 2 is 1.71 bits per heavy atom. The average Bonchev–Trinajstić information content (AvgIpc) is 2.90. The van der Waals surface area contributed by atoms with Crippen molar-refractivity contribution in [1.82, 2.24) is 4.90 Å². The number of carbonyl (C=O) groups excluding carboxylic acids is 2. The molecule has 1 fully saturated rings.